The minimum Gasteiger partial charge on any atom is -0.392 e. The summed E-state index contributed by atoms with van der Waals surface area (Å²) in [6, 6.07) is 6.14. The fraction of sp³-hybridized carbons (Fsp3) is 0.600. The molecule has 18 heavy (non-hydrogen) atoms. The van der Waals surface area contributed by atoms with Gasteiger partial charge in [0.05, 0.1) is 13.2 Å². The molecule has 1 rings (SSSR count). The van der Waals surface area contributed by atoms with Gasteiger partial charge in [0.15, 0.2) is 0 Å². The number of hydrogen-bond acceptors (Lipinski definition) is 3. The van der Waals surface area contributed by atoms with Crippen LogP contribution in [-0.2, 0) is 11.3 Å². The Balaban J connectivity index is 2.89. The zero-order valence-corrected chi connectivity index (χ0v) is 11.9. The zero-order valence-electron chi connectivity index (χ0n) is 11.9. The number of hydrogen-bond donors (Lipinski definition) is 1. The lowest BCUT2D eigenvalue weighted by atomic mass is 10.1. The zero-order chi connectivity index (χ0) is 13.5. The van der Waals surface area contributed by atoms with E-state index >= 15 is 0 Å². The first kappa shape index (κ1) is 15.0. The van der Waals surface area contributed by atoms with E-state index in [1.807, 2.05) is 6.07 Å². The second-order valence-electron chi connectivity index (χ2n) is 5.11. The van der Waals surface area contributed by atoms with E-state index in [0.29, 0.717) is 5.92 Å². The molecule has 3 nitrogen and oxygen atoms in total. The van der Waals surface area contributed by atoms with E-state index in [1.165, 1.54) is 11.3 Å². The third-order valence-corrected chi connectivity index (χ3v) is 2.94. The summed E-state index contributed by atoms with van der Waals surface area (Å²) in [6.07, 6.45) is 0. The predicted octanol–water partition coefficient (Wildman–Crippen LogP) is 2.60. The van der Waals surface area contributed by atoms with Gasteiger partial charge in [0.2, 0.25) is 0 Å². The van der Waals surface area contributed by atoms with Crippen LogP contribution >= 0.6 is 0 Å². The summed E-state index contributed by atoms with van der Waals surface area (Å²) in [5, 5.41) is 9.14. The fourth-order valence-corrected chi connectivity index (χ4v) is 2.12. The maximum absolute atomic E-state index is 9.14. The highest BCUT2D eigenvalue weighted by Crippen LogP contribution is 2.22. The van der Waals surface area contributed by atoms with E-state index in [0.717, 1.165) is 25.3 Å². The molecular weight excluding hydrogens is 226 g/mol. The number of aliphatic hydroxyl groups is 1. The molecule has 0 amide bonds. The first-order valence-electron chi connectivity index (χ1n) is 6.52. The molecule has 102 valence electrons. The number of methoxy groups -OCH3 is 1. The first-order chi connectivity index (χ1) is 8.58. The van der Waals surface area contributed by atoms with Gasteiger partial charge in [0, 0.05) is 25.9 Å². The number of benzene rings is 1. The molecule has 3 heteroatoms. The Kier molecular flexibility index (Phi) is 6.16. The fourth-order valence-electron chi connectivity index (χ4n) is 2.12. The van der Waals surface area contributed by atoms with Crippen molar-refractivity contribution >= 4 is 5.69 Å². The molecule has 0 aliphatic rings. The van der Waals surface area contributed by atoms with Crippen molar-refractivity contribution in [1.29, 1.82) is 0 Å². The van der Waals surface area contributed by atoms with Gasteiger partial charge >= 0.3 is 0 Å². The number of nitrogens with zero attached hydrogens (tertiary/aromatic N) is 1. The van der Waals surface area contributed by atoms with Crippen molar-refractivity contribution in [1.82, 2.24) is 0 Å². The summed E-state index contributed by atoms with van der Waals surface area (Å²) in [5.74, 6) is 0.610. The average molecular weight is 251 g/mol. The highest BCUT2D eigenvalue weighted by atomic mass is 16.5. The van der Waals surface area contributed by atoms with Gasteiger partial charge in [0.25, 0.3) is 0 Å². The Labute approximate surface area is 110 Å². The van der Waals surface area contributed by atoms with Crippen molar-refractivity contribution in [3.05, 3.63) is 29.3 Å². The number of ether oxygens (including phenoxy) is 1. The van der Waals surface area contributed by atoms with E-state index in [1.54, 1.807) is 7.11 Å². The van der Waals surface area contributed by atoms with Gasteiger partial charge in [-0.3, -0.25) is 0 Å². The highest BCUT2D eigenvalue weighted by Gasteiger charge is 2.11. The van der Waals surface area contributed by atoms with Crippen LogP contribution in [0.25, 0.3) is 0 Å². The normalized spacial score (nSPS) is 11.0. The molecular formula is C15H25NO2. The largest absolute Gasteiger partial charge is 0.392 e. The van der Waals surface area contributed by atoms with Gasteiger partial charge in [-0.15, -0.1) is 0 Å². The third kappa shape index (κ3) is 4.31. The monoisotopic (exact) mass is 251 g/mol. The Morgan fingerprint density at radius 1 is 1.33 bits per heavy atom. The average Bonchev–Trinajstić information content (AvgIpc) is 2.34. The Bertz CT molecular complexity index is 364. The van der Waals surface area contributed by atoms with E-state index in [2.05, 4.69) is 37.8 Å². The predicted molar refractivity (Wildman–Crippen MR) is 76.0 cm³/mol. The minimum absolute atomic E-state index is 0.101. The summed E-state index contributed by atoms with van der Waals surface area (Å²) in [4.78, 5) is 2.35. The molecule has 1 aromatic carbocycles. The second kappa shape index (κ2) is 7.39. The Morgan fingerprint density at radius 3 is 2.56 bits per heavy atom. The van der Waals surface area contributed by atoms with Crippen LogP contribution in [0.4, 0.5) is 5.69 Å². The van der Waals surface area contributed by atoms with Gasteiger partial charge in [-0.05, 0) is 30.0 Å². The standard InChI is InChI=1S/C15H25NO2/c1-12(2)10-16(7-8-18-4)15-6-5-14(11-17)9-13(15)3/h5-6,9,12,17H,7-8,10-11H2,1-4H3. The molecule has 0 atom stereocenters. The van der Waals surface area contributed by atoms with Crippen molar-refractivity contribution in [2.75, 3.05) is 31.7 Å². The molecule has 0 fully saturated rings. The highest BCUT2D eigenvalue weighted by molar-refractivity contribution is 5.54. The Hall–Kier alpha value is -1.06. The maximum atomic E-state index is 9.14. The Morgan fingerprint density at radius 2 is 2.06 bits per heavy atom. The summed E-state index contributed by atoms with van der Waals surface area (Å²) in [6.45, 7) is 9.27. The van der Waals surface area contributed by atoms with Gasteiger partial charge < -0.3 is 14.7 Å². The molecule has 1 aromatic rings. The van der Waals surface area contributed by atoms with E-state index < -0.39 is 0 Å². The van der Waals surface area contributed by atoms with Crippen LogP contribution in [0.15, 0.2) is 18.2 Å². The van der Waals surface area contributed by atoms with Crippen molar-refractivity contribution < 1.29 is 9.84 Å². The molecule has 0 spiro atoms. The van der Waals surface area contributed by atoms with Crippen molar-refractivity contribution in [3.8, 4) is 0 Å². The molecule has 0 aliphatic heterocycles. The van der Waals surface area contributed by atoms with Crippen LogP contribution in [0, 0.1) is 12.8 Å². The van der Waals surface area contributed by atoms with Crippen LogP contribution in [0.5, 0.6) is 0 Å². The molecule has 0 saturated heterocycles. The van der Waals surface area contributed by atoms with Gasteiger partial charge in [-0.1, -0.05) is 26.0 Å². The second-order valence-corrected chi connectivity index (χ2v) is 5.11. The van der Waals surface area contributed by atoms with Crippen LogP contribution in [0.2, 0.25) is 0 Å². The van der Waals surface area contributed by atoms with Crippen LogP contribution in [0.1, 0.15) is 25.0 Å². The molecule has 0 bridgehead atoms. The molecule has 0 radical (unpaired) electrons. The molecule has 0 aromatic heterocycles. The number of aliphatic hydroxyl groups excluding tert-OH is 1. The third-order valence-electron chi connectivity index (χ3n) is 2.94. The van der Waals surface area contributed by atoms with E-state index in [9.17, 15) is 0 Å². The number of rotatable bonds is 7. The lowest BCUT2D eigenvalue weighted by molar-refractivity contribution is 0.204. The van der Waals surface area contributed by atoms with E-state index in [-0.39, 0.29) is 6.61 Å². The van der Waals surface area contributed by atoms with Crippen LogP contribution in [-0.4, -0.2) is 31.9 Å². The van der Waals surface area contributed by atoms with Gasteiger partial charge in [-0.2, -0.15) is 0 Å². The number of aryl methyl sites for hydroxylation is 1. The summed E-state index contributed by atoms with van der Waals surface area (Å²) in [5.41, 5.74) is 3.41. The maximum Gasteiger partial charge on any atom is 0.0681 e. The summed E-state index contributed by atoms with van der Waals surface area (Å²) >= 11 is 0. The summed E-state index contributed by atoms with van der Waals surface area (Å²) in [7, 11) is 1.73. The first-order valence-corrected chi connectivity index (χ1v) is 6.52. The van der Waals surface area contributed by atoms with Crippen LogP contribution < -0.4 is 4.90 Å². The van der Waals surface area contributed by atoms with Crippen LogP contribution in [0.3, 0.4) is 0 Å². The molecule has 0 aliphatic carbocycles. The number of anilines is 1. The van der Waals surface area contributed by atoms with Crippen molar-refractivity contribution in [3.63, 3.8) is 0 Å². The lowest BCUT2D eigenvalue weighted by Crippen LogP contribution is -2.31. The summed E-state index contributed by atoms with van der Waals surface area (Å²) < 4.78 is 5.18. The SMILES string of the molecule is COCCN(CC(C)C)c1ccc(CO)cc1C. The molecule has 0 unspecified atom stereocenters. The topological polar surface area (TPSA) is 32.7 Å². The minimum atomic E-state index is 0.101. The van der Waals surface area contributed by atoms with Crippen molar-refractivity contribution in [2.24, 2.45) is 5.92 Å². The smallest absolute Gasteiger partial charge is 0.0681 e. The van der Waals surface area contributed by atoms with Gasteiger partial charge in [-0.25, -0.2) is 0 Å². The molecule has 0 saturated carbocycles. The van der Waals surface area contributed by atoms with Crippen molar-refractivity contribution in [2.45, 2.75) is 27.4 Å². The molecule has 0 heterocycles. The van der Waals surface area contributed by atoms with E-state index in [4.69, 9.17) is 9.84 Å². The molecule has 1 N–H and O–H groups in total. The quantitative estimate of drug-likeness (QED) is 0.808. The van der Waals surface area contributed by atoms with Gasteiger partial charge in [0.1, 0.15) is 0 Å². The lowest BCUT2D eigenvalue weighted by Gasteiger charge is -2.28.